The molecule has 0 aromatic heterocycles. The zero-order chi connectivity index (χ0) is 33.1. The van der Waals surface area contributed by atoms with Gasteiger partial charge in [-0.05, 0) is 36.4 Å². The van der Waals surface area contributed by atoms with Crippen molar-refractivity contribution in [1.29, 1.82) is 0 Å². The Hall–Kier alpha value is -5.00. The topological polar surface area (TPSA) is 123 Å². The fourth-order valence-corrected chi connectivity index (χ4v) is 7.64. The molecular weight excluding hydrogens is 634 g/mol. The molecule has 0 bridgehead atoms. The molecule has 0 aliphatic carbocycles. The van der Waals surface area contributed by atoms with Crippen molar-refractivity contribution in [3.05, 3.63) is 127 Å². The standard InChI is InChI=1S/C28H20F6N2O8Si/c1-41-23-7-3-5-15(27(23)35(37)38)13-43-45(25-11-19(31)17(29)9-21(25)33,26-12-20(32)18(30)10-22(26)34)44-14-16-6-4-8-24(42-2)28(16)36(39)40/h3-12H,13-14H2,1-2H3. The SMILES string of the molecule is COc1cccc(CO[Si](OCc2cccc(OC)c2[N+](=O)[O-])(c2cc(F)c(F)cc2F)c2cc(F)c(F)cc2F)c1[N+](=O)[O-]. The number of nitro groups is 2. The maximum atomic E-state index is 15.5. The molecule has 0 saturated heterocycles. The van der Waals surface area contributed by atoms with Gasteiger partial charge in [0.2, 0.25) is 0 Å². The van der Waals surface area contributed by atoms with Crippen LogP contribution in [0.2, 0.25) is 0 Å². The van der Waals surface area contributed by atoms with E-state index in [1.165, 1.54) is 36.4 Å². The quantitative estimate of drug-likeness (QED) is 0.0660. The van der Waals surface area contributed by atoms with Gasteiger partial charge in [-0.25, -0.2) is 26.3 Å². The number of ether oxygens (including phenoxy) is 2. The largest absolute Gasteiger partial charge is 0.490 e. The van der Waals surface area contributed by atoms with Crippen molar-refractivity contribution in [3.63, 3.8) is 0 Å². The van der Waals surface area contributed by atoms with Crippen LogP contribution in [-0.2, 0) is 22.1 Å². The zero-order valence-corrected chi connectivity index (χ0v) is 24.1. The van der Waals surface area contributed by atoms with Crippen LogP contribution in [0.1, 0.15) is 11.1 Å². The number of halogens is 6. The number of nitro benzene ring substituents is 2. The molecule has 0 aliphatic rings. The van der Waals surface area contributed by atoms with Crippen molar-refractivity contribution in [2.24, 2.45) is 0 Å². The van der Waals surface area contributed by atoms with Crippen LogP contribution < -0.4 is 19.8 Å². The van der Waals surface area contributed by atoms with E-state index in [0.29, 0.717) is 0 Å². The smallest absolute Gasteiger partial charge is 0.413 e. The average Bonchev–Trinajstić information content (AvgIpc) is 3.00. The van der Waals surface area contributed by atoms with Gasteiger partial charge in [0.15, 0.2) is 34.8 Å². The first-order valence-electron chi connectivity index (χ1n) is 12.5. The molecule has 17 heteroatoms. The first kappa shape index (κ1) is 32.9. The average molecular weight is 655 g/mol. The Labute approximate surface area is 250 Å². The number of para-hydroxylation sites is 2. The van der Waals surface area contributed by atoms with Gasteiger partial charge in [0.05, 0.1) is 48.4 Å². The summed E-state index contributed by atoms with van der Waals surface area (Å²) in [5.41, 5.74) is -1.83. The molecule has 0 unspecified atom stereocenters. The molecule has 0 radical (unpaired) electrons. The van der Waals surface area contributed by atoms with Gasteiger partial charge < -0.3 is 18.3 Å². The first-order valence-corrected chi connectivity index (χ1v) is 14.3. The van der Waals surface area contributed by atoms with Gasteiger partial charge in [-0.2, -0.15) is 0 Å². The fraction of sp³-hybridized carbons (Fsp3) is 0.143. The normalized spacial score (nSPS) is 11.4. The number of benzene rings is 4. The Balaban J connectivity index is 2.02. The third-order valence-corrected chi connectivity index (χ3v) is 9.85. The van der Waals surface area contributed by atoms with Crippen molar-refractivity contribution < 1.29 is 54.5 Å². The highest BCUT2D eigenvalue weighted by Crippen LogP contribution is 2.34. The summed E-state index contributed by atoms with van der Waals surface area (Å²) in [5, 5.41) is 21.8. The van der Waals surface area contributed by atoms with E-state index in [4.69, 9.17) is 18.3 Å². The lowest BCUT2D eigenvalue weighted by atomic mass is 10.2. The van der Waals surface area contributed by atoms with Crippen LogP contribution in [0.15, 0.2) is 60.7 Å². The fourth-order valence-electron chi connectivity index (χ4n) is 4.52. The van der Waals surface area contributed by atoms with Crippen LogP contribution in [0.4, 0.5) is 37.7 Å². The second-order valence-corrected chi connectivity index (χ2v) is 12.0. The summed E-state index contributed by atoms with van der Waals surface area (Å²) in [6, 6.07) is 8.07. The lowest BCUT2D eigenvalue weighted by Gasteiger charge is -2.32. The number of rotatable bonds is 12. The summed E-state index contributed by atoms with van der Waals surface area (Å²) in [7, 11) is -3.11. The van der Waals surface area contributed by atoms with Gasteiger partial charge in [-0.15, -0.1) is 0 Å². The van der Waals surface area contributed by atoms with Gasteiger partial charge in [0.1, 0.15) is 11.6 Å². The molecule has 0 aliphatic heterocycles. The van der Waals surface area contributed by atoms with Crippen LogP contribution in [0.5, 0.6) is 11.5 Å². The molecule has 0 amide bonds. The molecule has 0 atom stereocenters. The van der Waals surface area contributed by atoms with Crippen molar-refractivity contribution in [1.82, 2.24) is 0 Å². The van der Waals surface area contributed by atoms with E-state index in [1.54, 1.807) is 0 Å². The minimum absolute atomic E-state index is 0.0684. The monoisotopic (exact) mass is 654 g/mol. The second-order valence-electron chi connectivity index (χ2n) is 9.14. The highest BCUT2D eigenvalue weighted by Gasteiger charge is 2.49. The molecule has 236 valence electrons. The third kappa shape index (κ3) is 6.45. The Kier molecular flexibility index (Phi) is 9.74. The van der Waals surface area contributed by atoms with Gasteiger partial charge >= 0.3 is 19.9 Å². The van der Waals surface area contributed by atoms with E-state index >= 15 is 8.78 Å². The van der Waals surface area contributed by atoms with Gasteiger partial charge in [0.25, 0.3) is 0 Å². The second kappa shape index (κ2) is 13.3. The summed E-state index contributed by atoms with van der Waals surface area (Å²) in [5.74, 6) is -10.4. The number of hydrogen-bond donors (Lipinski definition) is 0. The number of hydrogen-bond acceptors (Lipinski definition) is 8. The predicted molar refractivity (Wildman–Crippen MR) is 147 cm³/mol. The lowest BCUT2D eigenvalue weighted by molar-refractivity contribution is -0.386. The van der Waals surface area contributed by atoms with Gasteiger partial charge in [-0.1, -0.05) is 12.1 Å². The van der Waals surface area contributed by atoms with E-state index in [0.717, 1.165) is 14.2 Å². The van der Waals surface area contributed by atoms with Crippen LogP contribution >= 0.6 is 0 Å². The summed E-state index contributed by atoms with van der Waals surface area (Å²) < 4.78 is 110. The summed E-state index contributed by atoms with van der Waals surface area (Å²) >= 11 is 0. The molecule has 10 nitrogen and oxygen atoms in total. The van der Waals surface area contributed by atoms with Gasteiger partial charge in [0, 0.05) is 22.5 Å². The van der Waals surface area contributed by atoms with Crippen molar-refractivity contribution in [3.8, 4) is 11.5 Å². The van der Waals surface area contributed by atoms with Crippen molar-refractivity contribution in [2.45, 2.75) is 13.2 Å². The van der Waals surface area contributed by atoms with Crippen molar-refractivity contribution >= 4 is 30.3 Å². The highest BCUT2D eigenvalue weighted by molar-refractivity contribution is 6.92. The lowest BCUT2D eigenvalue weighted by Crippen LogP contribution is -2.65. The van der Waals surface area contributed by atoms with E-state index in [9.17, 15) is 37.8 Å². The maximum absolute atomic E-state index is 15.5. The number of methoxy groups -OCH3 is 2. The van der Waals surface area contributed by atoms with E-state index in [2.05, 4.69) is 0 Å². The Bertz CT molecular complexity index is 1670. The molecule has 4 aromatic rings. The van der Waals surface area contributed by atoms with E-state index in [1.807, 2.05) is 0 Å². The third-order valence-electron chi connectivity index (χ3n) is 6.56. The van der Waals surface area contributed by atoms with Crippen LogP contribution in [0.25, 0.3) is 0 Å². The minimum Gasteiger partial charge on any atom is -0.490 e. The minimum atomic E-state index is -5.37. The molecule has 0 heterocycles. The summed E-state index contributed by atoms with van der Waals surface area (Å²) in [6.45, 7) is -1.87. The Morgan fingerprint density at radius 3 is 1.29 bits per heavy atom. The van der Waals surface area contributed by atoms with E-state index in [-0.39, 0.29) is 46.9 Å². The van der Waals surface area contributed by atoms with Crippen LogP contribution in [0, 0.1) is 55.1 Å². The highest BCUT2D eigenvalue weighted by atomic mass is 28.4. The van der Waals surface area contributed by atoms with Crippen LogP contribution in [0.3, 0.4) is 0 Å². The molecule has 0 fully saturated rings. The molecule has 0 spiro atoms. The van der Waals surface area contributed by atoms with E-state index < -0.39 is 88.3 Å². The molecule has 0 saturated carbocycles. The first-order chi connectivity index (χ1) is 21.3. The van der Waals surface area contributed by atoms with Crippen LogP contribution in [-0.4, -0.2) is 32.6 Å². The Morgan fingerprint density at radius 2 is 0.956 bits per heavy atom. The molecule has 0 N–H and O–H groups in total. The molecule has 45 heavy (non-hydrogen) atoms. The number of nitrogens with zero attached hydrogens (tertiary/aromatic N) is 2. The Morgan fingerprint density at radius 1 is 0.600 bits per heavy atom. The predicted octanol–water partition coefficient (Wildman–Crippen LogP) is 5.34. The summed E-state index contributed by atoms with van der Waals surface area (Å²) in [6.07, 6.45) is 0. The van der Waals surface area contributed by atoms with Gasteiger partial charge in [-0.3, -0.25) is 20.2 Å². The van der Waals surface area contributed by atoms with Crippen molar-refractivity contribution in [2.75, 3.05) is 14.2 Å². The molecular formula is C28H20F6N2O8Si. The maximum Gasteiger partial charge on any atom is 0.413 e. The zero-order valence-electron chi connectivity index (χ0n) is 23.1. The molecule has 4 aromatic carbocycles. The summed E-state index contributed by atoms with van der Waals surface area (Å²) in [4.78, 5) is 22.1. The molecule has 4 rings (SSSR count).